The van der Waals surface area contributed by atoms with Gasteiger partial charge in [0, 0.05) is 49.6 Å². The van der Waals surface area contributed by atoms with Gasteiger partial charge in [-0.05, 0) is 31.5 Å². The highest BCUT2D eigenvalue weighted by molar-refractivity contribution is 5.78. The molecule has 2 aliphatic rings. The van der Waals surface area contributed by atoms with Crippen LogP contribution >= 0.6 is 0 Å². The summed E-state index contributed by atoms with van der Waals surface area (Å²) in [5.74, 6) is 2.86. The second-order valence-electron chi connectivity index (χ2n) is 8.30. The minimum atomic E-state index is 0.218. The third-order valence-electron chi connectivity index (χ3n) is 5.83. The van der Waals surface area contributed by atoms with Crippen LogP contribution in [0.1, 0.15) is 50.0 Å². The Labute approximate surface area is 172 Å². The summed E-state index contributed by atoms with van der Waals surface area (Å²) in [7, 11) is 0. The van der Waals surface area contributed by atoms with E-state index in [0.29, 0.717) is 44.7 Å². The van der Waals surface area contributed by atoms with E-state index in [9.17, 15) is 4.79 Å². The number of hydrogen-bond donors (Lipinski definition) is 0. The Bertz CT molecular complexity index is 828. The average molecular weight is 398 g/mol. The Hall–Kier alpha value is -2.25. The van der Waals surface area contributed by atoms with Crippen molar-refractivity contribution in [3.63, 3.8) is 0 Å². The first-order valence-corrected chi connectivity index (χ1v) is 10.7. The zero-order valence-corrected chi connectivity index (χ0v) is 17.5. The Balaban J connectivity index is 1.44. The van der Waals surface area contributed by atoms with E-state index >= 15 is 0 Å². The van der Waals surface area contributed by atoms with Gasteiger partial charge in [-0.25, -0.2) is 9.97 Å². The van der Waals surface area contributed by atoms with Gasteiger partial charge in [0.15, 0.2) is 0 Å². The molecule has 4 rings (SSSR count). The second kappa shape index (κ2) is 9.05. The lowest BCUT2D eigenvalue weighted by molar-refractivity contribution is -0.136. The molecule has 7 heteroatoms. The van der Waals surface area contributed by atoms with E-state index in [1.54, 1.807) is 0 Å². The molecule has 0 saturated carbocycles. The van der Waals surface area contributed by atoms with Crippen LogP contribution < -0.4 is 0 Å². The molecule has 156 valence electrons. The minimum absolute atomic E-state index is 0.218. The molecule has 0 aromatic carbocycles. The number of aromatic nitrogens is 3. The minimum Gasteiger partial charge on any atom is -0.378 e. The van der Waals surface area contributed by atoms with E-state index in [1.807, 2.05) is 23.4 Å². The first-order valence-electron chi connectivity index (χ1n) is 10.7. The van der Waals surface area contributed by atoms with Gasteiger partial charge in [-0.15, -0.1) is 0 Å². The molecule has 0 bridgehead atoms. The van der Waals surface area contributed by atoms with Crippen LogP contribution in [0.25, 0.3) is 5.82 Å². The molecule has 2 saturated heterocycles. The molecule has 2 fully saturated rings. The van der Waals surface area contributed by atoms with E-state index in [2.05, 4.69) is 40.4 Å². The first kappa shape index (κ1) is 20.0. The van der Waals surface area contributed by atoms with Crippen LogP contribution in [0.4, 0.5) is 0 Å². The number of nitrogens with zero attached hydrogens (tertiary/aromatic N) is 5. The standard InChI is InChI=1S/C22H31N5O2/c1-17(2)22-23-8-10-27(22)20-7-3-6-19(24-20)18-5-4-9-25(15-18)16-21(28)26-11-13-29-14-12-26/h3,6-8,10,17-18H,4-5,9,11-16H2,1-2H3/t18-/m0/s1. The molecule has 0 aliphatic carbocycles. The van der Waals surface area contributed by atoms with Crippen molar-refractivity contribution in [2.45, 2.75) is 38.5 Å². The molecule has 4 heterocycles. The van der Waals surface area contributed by atoms with Crippen LogP contribution in [-0.2, 0) is 9.53 Å². The van der Waals surface area contributed by atoms with Gasteiger partial charge in [0.05, 0.1) is 19.8 Å². The van der Waals surface area contributed by atoms with Crippen LogP contribution in [0.2, 0.25) is 0 Å². The molecule has 1 atom stereocenters. The number of rotatable bonds is 5. The van der Waals surface area contributed by atoms with E-state index in [4.69, 9.17) is 9.72 Å². The summed E-state index contributed by atoms with van der Waals surface area (Å²) in [5.41, 5.74) is 1.11. The largest absolute Gasteiger partial charge is 0.378 e. The topological polar surface area (TPSA) is 63.5 Å². The number of imidazole rings is 1. The molecule has 0 spiro atoms. The highest BCUT2D eigenvalue weighted by atomic mass is 16.5. The van der Waals surface area contributed by atoms with Crippen LogP contribution in [0.3, 0.4) is 0 Å². The zero-order valence-electron chi connectivity index (χ0n) is 17.5. The second-order valence-corrected chi connectivity index (χ2v) is 8.30. The molecule has 0 N–H and O–H groups in total. The molecule has 2 aromatic heterocycles. The van der Waals surface area contributed by atoms with Crippen molar-refractivity contribution in [3.8, 4) is 5.82 Å². The quantitative estimate of drug-likeness (QED) is 0.775. The van der Waals surface area contributed by atoms with E-state index in [1.165, 1.54) is 0 Å². The smallest absolute Gasteiger partial charge is 0.236 e. The molecule has 1 amide bonds. The zero-order chi connectivity index (χ0) is 20.2. The Kier molecular flexibility index (Phi) is 6.25. The number of hydrogen-bond acceptors (Lipinski definition) is 5. The number of morpholine rings is 1. The Morgan fingerprint density at radius 3 is 2.86 bits per heavy atom. The van der Waals surface area contributed by atoms with Crippen molar-refractivity contribution in [2.24, 2.45) is 0 Å². The lowest BCUT2D eigenvalue weighted by atomic mass is 9.94. The van der Waals surface area contributed by atoms with Crippen molar-refractivity contribution in [1.29, 1.82) is 0 Å². The number of carbonyl (C=O) groups is 1. The fourth-order valence-corrected chi connectivity index (χ4v) is 4.28. The van der Waals surface area contributed by atoms with E-state index in [-0.39, 0.29) is 5.91 Å². The van der Waals surface area contributed by atoms with Crippen molar-refractivity contribution in [1.82, 2.24) is 24.3 Å². The summed E-state index contributed by atoms with van der Waals surface area (Å²) in [4.78, 5) is 26.3. The fraction of sp³-hybridized carbons (Fsp3) is 0.591. The van der Waals surface area contributed by atoms with Crippen LogP contribution in [0.5, 0.6) is 0 Å². The predicted octanol–water partition coefficient (Wildman–Crippen LogP) is 2.43. The van der Waals surface area contributed by atoms with Gasteiger partial charge >= 0.3 is 0 Å². The number of carbonyl (C=O) groups excluding carboxylic acids is 1. The fourth-order valence-electron chi connectivity index (χ4n) is 4.28. The van der Waals surface area contributed by atoms with Crippen LogP contribution in [0.15, 0.2) is 30.6 Å². The number of pyridine rings is 1. The highest BCUT2D eigenvalue weighted by Crippen LogP contribution is 2.27. The third-order valence-corrected chi connectivity index (χ3v) is 5.83. The summed E-state index contributed by atoms with van der Waals surface area (Å²) in [6.07, 6.45) is 6.02. The molecule has 29 heavy (non-hydrogen) atoms. The van der Waals surface area contributed by atoms with Gasteiger partial charge in [0.2, 0.25) is 5.91 Å². The number of amides is 1. The van der Waals surface area contributed by atoms with Crippen molar-refractivity contribution in [2.75, 3.05) is 45.9 Å². The van der Waals surface area contributed by atoms with E-state index in [0.717, 1.165) is 43.3 Å². The maximum atomic E-state index is 12.6. The van der Waals surface area contributed by atoms with E-state index < -0.39 is 0 Å². The highest BCUT2D eigenvalue weighted by Gasteiger charge is 2.26. The van der Waals surface area contributed by atoms with Gasteiger partial charge < -0.3 is 9.64 Å². The number of piperidine rings is 1. The summed E-state index contributed by atoms with van der Waals surface area (Å²) in [6.45, 7) is 9.37. The van der Waals surface area contributed by atoms with Gasteiger partial charge in [-0.2, -0.15) is 0 Å². The predicted molar refractivity (Wildman–Crippen MR) is 111 cm³/mol. The molecule has 0 unspecified atom stereocenters. The summed E-state index contributed by atoms with van der Waals surface area (Å²) in [6, 6.07) is 6.24. The molecule has 0 radical (unpaired) electrons. The van der Waals surface area contributed by atoms with Crippen molar-refractivity contribution in [3.05, 3.63) is 42.1 Å². The Morgan fingerprint density at radius 2 is 2.07 bits per heavy atom. The van der Waals surface area contributed by atoms with Crippen LogP contribution in [-0.4, -0.2) is 76.2 Å². The van der Waals surface area contributed by atoms with Crippen LogP contribution in [0, 0.1) is 0 Å². The molecule has 2 aromatic rings. The SMILES string of the molecule is CC(C)c1nccn1-c1cccc([C@H]2CCCN(CC(=O)N3CCOCC3)C2)n1. The molecular weight excluding hydrogens is 366 g/mol. The maximum Gasteiger partial charge on any atom is 0.236 e. The number of ether oxygens (including phenoxy) is 1. The van der Waals surface area contributed by atoms with Crippen molar-refractivity contribution >= 4 is 5.91 Å². The van der Waals surface area contributed by atoms with Gasteiger partial charge in [0.25, 0.3) is 0 Å². The molecular formula is C22H31N5O2. The summed E-state index contributed by atoms with van der Waals surface area (Å²) >= 11 is 0. The van der Waals surface area contributed by atoms with Gasteiger partial charge in [-0.1, -0.05) is 19.9 Å². The van der Waals surface area contributed by atoms with Gasteiger partial charge in [0.1, 0.15) is 11.6 Å². The monoisotopic (exact) mass is 397 g/mol. The lowest BCUT2D eigenvalue weighted by Gasteiger charge is -2.34. The molecule has 7 nitrogen and oxygen atoms in total. The summed E-state index contributed by atoms with van der Waals surface area (Å²) in [5, 5.41) is 0. The first-order chi connectivity index (χ1) is 14.1. The lowest BCUT2D eigenvalue weighted by Crippen LogP contribution is -2.47. The normalized spacial score (nSPS) is 20.9. The maximum absolute atomic E-state index is 12.6. The third kappa shape index (κ3) is 4.67. The van der Waals surface area contributed by atoms with Gasteiger partial charge in [-0.3, -0.25) is 14.3 Å². The summed E-state index contributed by atoms with van der Waals surface area (Å²) < 4.78 is 7.44. The van der Waals surface area contributed by atoms with Crippen molar-refractivity contribution < 1.29 is 9.53 Å². The average Bonchev–Trinajstić information content (AvgIpc) is 3.25. The number of likely N-dealkylation sites (tertiary alicyclic amines) is 1. The Morgan fingerprint density at radius 1 is 1.24 bits per heavy atom. The molecule has 2 aliphatic heterocycles.